The number of hydrogen-bond acceptors (Lipinski definition) is 5. The summed E-state index contributed by atoms with van der Waals surface area (Å²) < 4.78 is 5.50. The smallest absolute Gasteiger partial charge is 0.246 e. The van der Waals surface area contributed by atoms with Crippen molar-refractivity contribution < 1.29 is 4.52 Å². The molecule has 0 aliphatic carbocycles. The third-order valence-corrected chi connectivity index (χ3v) is 4.33. The number of pyridine rings is 1. The maximum absolute atomic E-state index is 5.50. The Labute approximate surface area is 158 Å². The van der Waals surface area contributed by atoms with Crippen LogP contribution in [-0.2, 0) is 13.1 Å². The molecule has 0 amide bonds. The third-order valence-electron chi connectivity index (χ3n) is 4.33. The van der Waals surface area contributed by atoms with Crippen LogP contribution in [0.2, 0.25) is 0 Å². The molecule has 0 unspecified atom stereocenters. The fraction of sp³-hybridized carbons (Fsp3) is 0.136. The molecule has 4 aromatic rings. The van der Waals surface area contributed by atoms with Crippen LogP contribution < -0.4 is 4.90 Å². The predicted molar refractivity (Wildman–Crippen MR) is 105 cm³/mol. The van der Waals surface area contributed by atoms with Crippen molar-refractivity contribution in [2.24, 2.45) is 0 Å². The van der Waals surface area contributed by atoms with Gasteiger partial charge in [0.1, 0.15) is 0 Å². The Morgan fingerprint density at radius 1 is 0.889 bits per heavy atom. The molecule has 0 aliphatic rings. The monoisotopic (exact) mass is 356 g/mol. The largest absolute Gasteiger partial charge is 0.358 e. The van der Waals surface area contributed by atoms with Gasteiger partial charge in [0.2, 0.25) is 11.7 Å². The van der Waals surface area contributed by atoms with Crippen molar-refractivity contribution in [3.8, 4) is 11.4 Å². The predicted octanol–water partition coefficient (Wildman–Crippen LogP) is 4.65. The number of nitrogens with zero attached hydrogens (tertiary/aromatic N) is 4. The minimum absolute atomic E-state index is 0.533. The molecule has 0 saturated heterocycles. The first-order valence-electron chi connectivity index (χ1n) is 8.86. The van der Waals surface area contributed by atoms with Crippen molar-refractivity contribution >= 4 is 5.69 Å². The lowest BCUT2D eigenvalue weighted by Crippen LogP contribution is -2.22. The molecule has 0 bridgehead atoms. The van der Waals surface area contributed by atoms with Gasteiger partial charge in [-0.15, -0.1) is 0 Å². The molecule has 4 rings (SSSR count). The second-order valence-corrected chi connectivity index (χ2v) is 6.43. The summed E-state index contributed by atoms with van der Waals surface area (Å²) in [5.74, 6) is 1.13. The molecule has 2 heterocycles. The first-order chi connectivity index (χ1) is 13.3. The normalized spacial score (nSPS) is 10.7. The minimum Gasteiger partial charge on any atom is -0.358 e. The zero-order valence-corrected chi connectivity index (χ0v) is 15.1. The van der Waals surface area contributed by atoms with E-state index in [-0.39, 0.29) is 0 Å². The lowest BCUT2D eigenvalue weighted by atomic mass is 10.1. The van der Waals surface area contributed by atoms with E-state index in [0.717, 1.165) is 17.8 Å². The highest BCUT2D eigenvalue weighted by molar-refractivity contribution is 5.52. The number of anilines is 1. The van der Waals surface area contributed by atoms with Crippen molar-refractivity contribution in [1.82, 2.24) is 15.1 Å². The van der Waals surface area contributed by atoms with Crippen molar-refractivity contribution in [3.05, 3.63) is 96.1 Å². The number of aromatic nitrogens is 3. The van der Waals surface area contributed by atoms with Crippen LogP contribution in [-0.4, -0.2) is 15.1 Å². The summed E-state index contributed by atoms with van der Waals surface area (Å²) >= 11 is 0. The molecule has 0 spiro atoms. The maximum Gasteiger partial charge on any atom is 0.246 e. The highest BCUT2D eigenvalue weighted by Gasteiger charge is 2.14. The van der Waals surface area contributed by atoms with Crippen LogP contribution in [0.5, 0.6) is 0 Å². The van der Waals surface area contributed by atoms with Crippen molar-refractivity contribution in [2.45, 2.75) is 20.0 Å². The summed E-state index contributed by atoms with van der Waals surface area (Å²) in [6.45, 7) is 3.38. The van der Waals surface area contributed by atoms with E-state index in [4.69, 9.17) is 4.52 Å². The van der Waals surface area contributed by atoms with E-state index in [2.05, 4.69) is 75.5 Å². The minimum atomic E-state index is 0.533. The fourth-order valence-electron chi connectivity index (χ4n) is 2.89. The van der Waals surface area contributed by atoms with Crippen molar-refractivity contribution in [1.29, 1.82) is 0 Å². The first-order valence-corrected chi connectivity index (χ1v) is 8.86. The van der Waals surface area contributed by atoms with Gasteiger partial charge < -0.3 is 9.42 Å². The Bertz CT molecular complexity index is 982. The molecule has 5 heteroatoms. The van der Waals surface area contributed by atoms with E-state index in [1.54, 1.807) is 12.4 Å². The quantitative estimate of drug-likeness (QED) is 0.503. The Morgan fingerprint density at radius 3 is 2.44 bits per heavy atom. The van der Waals surface area contributed by atoms with E-state index in [9.17, 15) is 0 Å². The van der Waals surface area contributed by atoms with E-state index in [1.165, 1.54) is 11.1 Å². The summed E-state index contributed by atoms with van der Waals surface area (Å²) in [7, 11) is 0. The molecule has 5 nitrogen and oxygen atoms in total. The Morgan fingerprint density at radius 2 is 1.70 bits per heavy atom. The van der Waals surface area contributed by atoms with Gasteiger partial charge in [-0.25, -0.2) is 0 Å². The third kappa shape index (κ3) is 4.20. The van der Waals surface area contributed by atoms with Crippen LogP contribution in [0.4, 0.5) is 5.69 Å². The molecule has 0 radical (unpaired) electrons. The molecule has 2 aromatic heterocycles. The van der Waals surface area contributed by atoms with Crippen LogP contribution in [0.25, 0.3) is 11.4 Å². The van der Waals surface area contributed by atoms with Crippen molar-refractivity contribution in [3.63, 3.8) is 0 Å². The van der Waals surface area contributed by atoms with E-state index in [0.29, 0.717) is 18.3 Å². The summed E-state index contributed by atoms with van der Waals surface area (Å²) in [6.07, 6.45) is 3.46. The van der Waals surface area contributed by atoms with E-state index in [1.807, 2.05) is 18.2 Å². The summed E-state index contributed by atoms with van der Waals surface area (Å²) in [5.41, 5.74) is 4.42. The molecule has 134 valence electrons. The van der Waals surface area contributed by atoms with Gasteiger partial charge >= 0.3 is 0 Å². The SMILES string of the molecule is Cc1ccc(N(Cc2ccccc2)Cc2nc(-c3cccnc3)no2)cc1. The van der Waals surface area contributed by atoms with Gasteiger partial charge in [-0.3, -0.25) is 4.98 Å². The fourth-order valence-corrected chi connectivity index (χ4v) is 2.89. The van der Waals surface area contributed by atoms with Crippen LogP contribution in [0.1, 0.15) is 17.0 Å². The molecule has 27 heavy (non-hydrogen) atoms. The van der Waals surface area contributed by atoms with E-state index < -0.39 is 0 Å². The highest BCUT2D eigenvalue weighted by Crippen LogP contribution is 2.22. The molecular formula is C22H20N4O. The Balaban J connectivity index is 1.59. The first kappa shape index (κ1) is 17.0. The Hall–Kier alpha value is -3.47. The van der Waals surface area contributed by atoms with Gasteiger partial charge in [-0.1, -0.05) is 53.2 Å². The maximum atomic E-state index is 5.50. The number of hydrogen-bond donors (Lipinski definition) is 0. The topological polar surface area (TPSA) is 55.1 Å². The summed E-state index contributed by atoms with van der Waals surface area (Å²) in [5, 5.41) is 4.10. The second-order valence-electron chi connectivity index (χ2n) is 6.43. The molecule has 0 fully saturated rings. The molecule has 0 N–H and O–H groups in total. The molecule has 0 aliphatic heterocycles. The van der Waals surface area contributed by atoms with Gasteiger partial charge in [0.25, 0.3) is 0 Å². The standard InChI is InChI=1S/C22H20N4O/c1-17-9-11-20(12-10-17)26(15-18-6-3-2-4-7-18)16-21-24-22(25-27-21)19-8-5-13-23-14-19/h2-14H,15-16H2,1H3. The molecule has 2 aromatic carbocycles. The van der Waals surface area contributed by atoms with Crippen molar-refractivity contribution in [2.75, 3.05) is 4.90 Å². The average Bonchev–Trinajstić information content (AvgIpc) is 3.18. The van der Waals surface area contributed by atoms with Crippen LogP contribution >= 0.6 is 0 Å². The van der Waals surface area contributed by atoms with Gasteiger partial charge in [0.15, 0.2) is 0 Å². The van der Waals surface area contributed by atoms with Crippen LogP contribution in [0, 0.1) is 6.92 Å². The Kier molecular flexibility index (Phi) is 4.92. The van der Waals surface area contributed by atoms with Gasteiger partial charge in [0, 0.05) is 30.2 Å². The molecule has 0 atom stereocenters. The zero-order chi connectivity index (χ0) is 18.5. The van der Waals surface area contributed by atoms with Gasteiger partial charge in [-0.2, -0.15) is 4.98 Å². The number of rotatable bonds is 6. The average molecular weight is 356 g/mol. The lowest BCUT2D eigenvalue weighted by Gasteiger charge is -2.23. The zero-order valence-electron chi connectivity index (χ0n) is 15.1. The second kappa shape index (κ2) is 7.83. The number of benzene rings is 2. The number of aryl methyl sites for hydroxylation is 1. The van der Waals surface area contributed by atoms with Crippen LogP contribution in [0.15, 0.2) is 83.6 Å². The van der Waals surface area contributed by atoms with Crippen LogP contribution in [0.3, 0.4) is 0 Å². The van der Waals surface area contributed by atoms with Gasteiger partial charge in [0.05, 0.1) is 6.54 Å². The summed E-state index contributed by atoms with van der Waals surface area (Å²) in [4.78, 5) is 10.9. The van der Waals surface area contributed by atoms with E-state index >= 15 is 0 Å². The van der Waals surface area contributed by atoms with Gasteiger partial charge in [-0.05, 0) is 36.8 Å². The molecule has 0 saturated carbocycles. The molecular weight excluding hydrogens is 336 g/mol. The summed E-state index contributed by atoms with van der Waals surface area (Å²) in [6, 6.07) is 22.6. The lowest BCUT2D eigenvalue weighted by molar-refractivity contribution is 0.376. The highest BCUT2D eigenvalue weighted by atomic mass is 16.5.